The number of aliphatic hydroxyl groups excluding tert-OH is 1. The number of hydrogen-bond donors (Lipinski definition) is 2. The van der Waals surface area contributed by atoms with Crippen LogP contribution >= 0.6 is 11.3 Å². The molecule has 1 aliphatic rings. The summed E-state index contributed by atoms with van der Waals surface area (Å²) in [4.78, 5) is 0. The third-order valence-electron chi connectivity index (χ3n) is 3.62. The molecule has 1 aliphatic carbocycles. The topological polar surface area (TPSA) is 41.5 Å². The van der Waals surface area contributed by atoms with Crippen molar-refractivity contribution in [3.8, 4) is 0 Å². The first-order chi connectivity index (χ1) is 9.25. The molecule has 0 fully saturated rings. The second-order valence-corrected chi connectivity index (χ2v) is 6.04. The smallest absolute Gasteiger partial charge is 0.0945 e. The van der Waals surface area contributed by atoms with E-state index in [1.54, 1.807) is 11.3 Å². The lowest BCUT2D eigenvalue weighted by Crippen LogP contribution is -2.27. The van der Waals surface area contributed by atoms with E-state index in [-0.39, 0.29) is 0 Å². The van der Waals surface area contributed by atoms with Gasteiger partial charge in [-0.2, -0.15) is 11.3 Å². The van der Waals surface area contributed by atoms with Crippen molar-refractivity contribution in [2.24, 2.45) is 11.8 Å². The van der Waals surface area contributed by atoms with Crippen LogP contribution in [0.4, 0.5) is 5.69 Å². The van der Waals surface area contributed by atoms with Gasteiger partial charge in [-0.25, -0.2) is 0 Å². The van der Waals surface area contributed by atoms with Gasteiger partial charge in [0.15, 0.2) is 0 Å². The molecule has 0 bridgehead atoms. The fourth-order valence-electron chi connectivity index (χ4n) is 2.25. The highest BCUT2D eigenvalue weighted by Gasteiger charge is 2.18. The maximum Gasteiger partial charge on any atom is 0.0945 e. The predicted molar refractivity (Wildman–Crippen MR) is 80.7 cm³/mol. The molecule has 19 heavy (non-hydrogen) atoms. The molecule has 1 aromatic heterocycles. The highest BCUT2D eigenvalue weighted by Crippen LogP contribution is 2.25. The van der Waals surface area contributed by atoms with Crippen molar-refractivity contribution >= 4 is 17.0 Å². The Kier molecular flexibility index (Phi) is 5.89. The van der Waals surface area contributed by atoms with E-state index in [9.17, 15) is 5.11 Å². The van der Waals surface area contributed by atoms with E-state index in [0.717, 1.165) is 25.1 Å². The molecule has 0 saturated carbocycles. The highest BCUT2D eigenvalue weighted by atomic mass is 32.1. The average molecular weight is 281 g/mol. The van der Waals surface area contributed by atoms with Gasteiger partial charge >= 0.3 is 0 Å². The van der Waals surface area contributed by atoms with E-state index in [1.165, 1.54) is 0 Å². The van der Waals surface area contributed by atoms with E-state index < -0.39 is 6.10 Å². The van der Waals surface area contributed by atoms with Crippen LogP contribution in [0.3, 0.4) is 0 Å². The van der Waals surface area contributed by atoms with Crippen molar-refractivity contribution < 1.29 is 9.84 Å². The van der Waals surface area contributed by atoms with Crippen LogP contribution in [0, 0.1) is 11.8 Å². The normalized spacial score (nSPS) is 24.3. The molecule has 3 nitrogen and oxygen atoms in total. The minimum atomic E-state index is -0.450. The Balaban J connectivity index is 1.58. The maximum absolute atomic E-state index is 9.85. The van der Waals surface area contributed by atoms with E-state index in [0.29, 0.717) is 25.0 Å². The Morgan fingerprint density at radius 3 is 3.05 bits per heavy atom. The van der Waals surface area contributed by atoms with Crippen molar-refractivity contribution in [3.63, 3.8) is 0 Å². The number of rotatable bonds is 7. The van der Waals surface area contributed by atoms with E-state index in [1.807, 2.05) is 16.8 Å². The molecule has 106 valence electrons. The molecule has 0 saturated heterocycles. The van der Waals surface area contributed by atoms with Crippen molar-refractivity contribution in [1.82, 2.24) is 0 Å². The molecule has 0 aliphatic heterocycles. The van der Waals surface area contributed by atoms with E-state index in [2.05, 4.69) is 24.4 Å². The molecule has 4 heteroatoms. The molecular weight excluding hydrogens is 258 g/mol. The van der Waals surface area contributed by atoms with Gasteiger partial charge in [0.25, 0.3) is 0 Å². The van der Waals surface area contributed by atoms with Crippen LogP contribution in [0.25, 0.3) is 0 Å². The molecule has 2 N–H and O–H groups in total. The van der Waals surface area contributed by atoms with Crippen LogP contribution in [-0.2, 0) is 4.74 Å². The Hall–Kier alpha value is -0.840. The zero-order valence-electron chi connectivity index (χ0n) is 11.4. The second kappa shape index (κ2) is 7.68. The first kappa shape index (κ1) is 14.6. The highest BCUT2D eigenvalue weighted by molar-refractivity contribution is 7.08. The van der Waals surface area contributed by atoms with Crippen LogP contribution in [-0.4, -0.2) is 31.0 Å². The summed E-state index contributed by atoms with van der Waals surface area (Å²) < 4.78 is 5.65. The first-order valence-electron chi connectivity index (χ1n) is 6.92. The lowest BCUT2D eigenvalue weighted by molar-refractivity contribution is 0.0175. The fourth-order valence-corrected chi connectivity index (χ4v) is 2.87. The van der Waals surface area contributed by atoms with E-state index in [4.69, 9.17) is 4.74 Å². The molecule has 3 atom stereocenters. The largest absolute Gasteiger partial charge is 0.389 e. The SMILES string of the molecule is CC1CC=CCC1COCC(O)CNc1ccsc1. The van der Waals surface area contributed by atoms with Gasteiger partial charge in [0, 0.05) is 17.6 Å². The van der Waals surface area contributed by atoms with Gasteiger partial charge in [0.2, 0.25) is 0 Å². The number of anilines is 1. The van der Waals surface area contributed by atoms with Gasteiger partial charge in [-0.1, -0.05) is 19.1 Å². The number of aliphatic hydroxyl groups is 1. The van der Waals surface area contributed by atoms with Crippen LogP contribution in [0.5, 0.6) is 0 Å². The third kappa shape index (κ3) is 4.97. The lowest BCUT2D eigenvalue weighted by Gasteiger charge is -2.25. The molecule has 0 aromatic carbocycles. The van der Waals surface area contributed by atoms with Gasteiger partial charge < -0.3 is 15.2 Å². The summed E-state index contributed by atoms with van der Waals surface area (Å²) in [5.41, 5.74) is 1.06. The molecule has 0 amide bonds. The summed E-state index contributed by atoms with van der Waals surface area (Å²) in [7, 11) is 0. The average Bonchev–Trinajstić information content (AvgIpc) is 2.92. The first-order valence-corrected chi connectivity index (χ1v) is 7.87. The Labute approximate surface area is 119 Å². The zero-order valence-corrected chi connectivity index (χ0v) is 12.2. The number of nitrogens with one attached hydrogen (secondary N) is 1. The number of allylic oxidation sites excluding steroid dienone is 2. The molecule has 1 heterocycles. The predicted octanol–water partition coefficient (Wildman–Crippen LogP) is 3.14. The summed E-state index contributed by atoms with van der Waals surface area (Å²) in [5.74, 6) is 1.29. The monoisotopic (exact) mass is 281 g/mol. The van der Waals surface area contributed by atoms with Crippen molar-refractivity contribution in [1.29, 1.82) is 0 Å². The minimum Gasteiger partial charge on any atom is -0.389 e. The molecular formula is C15H23NO2S. The number of ether oxygens (including phenoxy) is 1. The second-order valence-electron chi connectivity index (χ2n) is 5.26. The molecule has 2 rings (SSSR count). The van der Waals surface area contributed by atoms with Crippen molar-refractivity contribution in [2.45, 2.75) is 25.9 Å². The summed E-state index contributed by atoms with van der Waals surface area (Å²) in [6.45, 7) is 3.97. The summed E-state index contributed by atoms with van der Waals surface area (Å²) in [6.07, 6.45) is 6.29. The van der Waals surface area contributed by atoms with Gasteiger partial charge in [-0.3, -0.25) is 0 Å². The molecule has 0 radical (unpaired) electrons. The maximum atomic E-state index is 9.85. The van der Waals surface area contributed by atoms with Crippen molar-refractivity contribution in [2.75, 3.05) is 25.1 Å². The third-order valence-corrected chi connectivity index (χ3v) is 4.31. The Bertz CT molecular complexity index is 378. The van der Waals surface area contributed by atoms with Gasteiger partial charge in [0.1, 0.15) is 0 Å². The summed E-state index contributed by atoms with van der Waals surface area (Å²) in [5, 5.41) is 17.1. The van der Waals surface area contributed by atoms with E-state index >= 15 is 0 Å². The minimum absolute atomic E-state index is 0.407. The Morgan fingerprint density at radius 2 is 2.32 bits per heavy atom. The summed E-state index contributed by atoms with van der Waals surface area (Å²) >= 11 is 1.65. The van der Waals surface area contributed by atoms with Crippen LogP contribution in [0.15, 0.2) is 29.0 Å². The molecule has 3 unspecified atom stereocenters. The number of hydrogen-bond acceptors (Lipinski definition) is 4. The van der Waals surface area contributed by atoms with Crippen molar-refractivity contribution in [3.05, 3.63) is 29.0 Å². The van der Waals surface area contributed by atoms with Crippen LogP contribution in [0.2, 0.25) is 0 Å². The van der Waals surface area contributed by atoms with Gasteiger partial charge in [0.05, 0.1) is 19.3 Å². The quantitative estimate of drug-likeness (QED) is 0.754. The fraction of sp³-hybridized carbons (Fsp3) is 0.600. The standard InChI is InChI=1S/C15H23NO2S/c1-12-4-2-3-5-13(12)9-18-10-15(17)8-16-14-6-7-19-11-14/h2-3,6-7,11-13,15-17H,4-5,8-10H2,1H3. The van der Waals surface area contributed by atoms with Crippen LogP contribution in [0.1, 0.15) is 19.8 Å². The van der Waals surface area contributed by atoms with Crippen LogP contribution < -0.4 is 5.32 Å². The number of thiophene rings is 1. The molecule has 1 aromatic rings. The molecule has 0 spiro atoms. The summed E-state index contributed by atoms with van der Waals surface area (Å²) in [6, 6.07) is 2.01. The van der Waals surface area contributed by atoms with Gasteiger partial charge in [-0.05, 0) is 36.1 Å². The van der Waals surface area contributed by atoms with Gasteiger partial charge in [-0.15, -0.1) is 0 Å². The zero-order chi connectivity index (χ0) is 13.5. The Morgan fingerprint density at radius 1 is 1.47 bits per heavy atom. The lowest BCUT2D eigenvalue weighted by atomic mass is 9.85.